The van der Waals surface area contributed by atoms with Crippen molar-refractivity contribution < 1.29 is 22.6 Å². The highest BCUT2D eigenvalue weighted by atomic mass is 32.2. The van der Waals surface area contributed by atoms with Gasteiger partial charge in [0.1, 0.15) is 5.69 Å². The van der Waals surface area contributed by atoms with E-state index in [0.717, 1.165) is 40.6 Å². The number of carbonyl (C=O) groups excluding carboxylic acids is 1. The third-order valence-corrected chi connectivity index (χ3v) is 9.10. The molecule has 0 saturated heterocycles. The Morgan fingerprint density at radius 2 is 1.80 bits per heavy atom. The third kappa shape index (κ3) is 5.01. The standard InChI is InChI=1S/C30H31N5O5S/c1-34-26-19-31-24-11-10-20(16-23(24)27(26)30(12-13-30)29(34)36)21-17-25(33-41(38,39)22-8-5-4-6-9-22)28(32-18-21)40-15-7-14-35(2,3)37/h4-6,8-11,16-19,33H,7,12-15H2,1-3H3. The number of nitrogens with one attached hydrogen (secondary N) is 1. The molecule has 2 aromatic heterocycles. The van der Waals surface area contributed by atoms with E-state index < -0.39 is 20.1 Å². The SMILES string of the molecule is CN1C(=O)C2(CC2)c2c1cnc1ccc(-c3cnc(OCCC[N+](C)(C)[O-])c(NS(=O)(=O)c4ccccc4)c3)cc21. The number of ether oxygens (including phenoxy) is 1. The van der Waals surface area contributed by atoms with Crippen molar-refractivity contribution in [3.8, 4) is 17.0 Å². The molecule has 1 aliphatic heterocycles. The van der Waals surface area contributed by atoms with E-state index in [1.165, 1.54) is 12.1 Å². The molecule has 1 spiro atoms. The molecule has 1 fully saturated rings. The summed E-state index contributed by atoms with van der Waals surface area (Å²) in [6.07, 6.45) is 5.49. The molecule has 1 aliphatic carbocycles. The molecule has 10 nitrogen and oxygen atoms in total. The van der Waals surface area contributed by atoms with Gasteiger partial charge in [-0.25, -0.2) is 13.4 Å². The molecule has 0 atom stereocenters. The van der Waals surface area contributed by atoms with Crippen molar-refractivity contribution in [2.45, 2.75) is 29.6 Å². The second kappa shape index (κ2) is 9.79. The van der Waals surface area contributed by atoms with Crippen LogP contribution in [0.15, 0.2) is 71.9 Å². The first-order valence-electron chi connectivity index (χ1n) is 13.5. The monoisotopic (exact) mass is 573 g/mol. The first-order valence-corrected chi connectivity index (χ1v) is 14.9. The number of rotatable bonds is 9. The summed E-state index contributed by atoms with van der Waals surface area (Å²) in [7, 11) is 0.972. The minimum Gasteiger partial charge on any atom is -0.633 e. The van der Waals surface area contributed by atoms with Gasteiger partial charge in [-0.1, -0.05) is 24.3 Å². The van der Waals surface area contributed by atoms with Crippen molar-refractivity contribution in [2.75, 3.05) is 43.9 Å². The van der Waals surface area contributed by atoms with Crippen LogP contribution >= 0.6 is 0 Å². The van der Waals surface area contributed by atoms with Crippen LogP contribution in [-0.4, -0.2) is 63.2 Å². The average molecular weight is 574 g/mol. The molecule has 2 aliphatic rings. The lowest BCUT2D eigenvalue weighted by Gasteiger charge is -2.33. The van der Waals surface area contributed by atoms with Crippen LogP contribution in [0, 0.1) is 5.21 Å². The second-order valence-corrected chi connectivity index (χ2v) is 12.9. The zero-order chi connectivity index (χ0) is 29.0. The maximum atomic E-state index is 13.2. The number of likely N-dealkylation sites (N-methyl/N-ethyl adjacent to an activating group) is 1. The van der Waals surface area contributed by atoms with E-state index in [0.29, 0.717) is 18.5 Å². The molecule has 1 amide bonds. The van der Waals surface area contributed by atoms with E-state index in [4.69, 9.17) is 4.74 Å². The summed E-state index contributed by atoms with van der Waals surface area (Å²) in [6.45, 7) is 0.547. The molecule has 2 aromatic carbocycles. The van der Waals surface area contributed by atoms with Crippen molar-refractivity contribution in [2.24, 2.45) is 0 Å². The van der Waals surface area contributed by atoms with E-state index in [2.05, 4.69) is 14.7 Å². The Labute approximate surface area is 238 Å². The number of hydroxylamine groups is 3. The normalized spacial score (nSPS) is 15.8. The fourth-order valence-corrected chi connectivity index (χ4v) is 6.53. The topological polar surface area (TPSA) is 125 Å². The Kier molecular flexibility index (Phi) is 6.48. The lowest BCUT2D eigenvalue weighted by atomic mass is 9.92. The highest BCUT2D eigenvalue weighted by molar-refractivity contribution is 7.92. The predicted octanol–water partition coefficient (Wildman–Crippen LogP) is 4.45. The lowest BCUT2D eigenvalue weighted by Crippen LogP contribution is -2.33. The van der Waals surface area contributed by atoms with Crippen molar-refractivity contribution >= 4 is 38.2 Å². The zero-order valence-electron chi connectivity index (χ0n) is 23.1. The minimum absolute atomic E-state index is 0.104. The molecular formula is C30H31N5O5S. The number of fused-ring (bicyclic) bond motifs is 4. The fraction of sp³-hybridized carbons (Fsp3) is 0.300. The molecule has 0 unspecified atom stereocenters. The smallest absolute Gasteiger partial charge is 0.262 e. The Bertz CT molecular complexity index is 1770. The number of quaternary nitrogens is 1. The van der Waals surface area contributed by atoms with Gasteiger partial charge in [-0.05, 0) is 48.7 Å². The number of anilines is 2. The van der Waals surface area contributed by atoms with Gasteiger partial charge < -0.3 is 19.5 Å². The van der Waals surface area contributed by atoms with Gasteiger partial charge in [0.15, 0.2) is 0 Å². The number of sulfonamides is 1. The van der Waals surface area contributed by atoms with Crippen molar-refractivity contribution in [1.29, 1.82) is 0 Å². The van der Waals surface area contributed by atoms with Crippen molar-refractivity contribution in [3.05, 3.63) is 77.8 Å². The van der Waals surface area contributed by atoms with Gasteiger partial charge in [0.25, 0.3) is 10.0 Å². The van der Waals surface area contributed by atoms with Gasteiger partial charge in [-0.3, -0.25) is 14.5 Å². The van der Waals surface area contributed by atoms with Gasteiger partial charge in [0.05, 0.1) is 55.0 Å². The Morgan fingerprint density at radius 1 is 1.05 bits per heavy atom. The summed E-state index contributed by atoms with van der Waals surface area (Å²) in [4.78, 5) is 23.9. The molecule has 212 valence electrons. The molecule has 4 aromatic rings. The molecule has 0 bridgehead atoms. The number of aromatic nitrogens is 2. The van der Waals surface area contributed by atoms with Crippen LogP contribution < -0.4 is 14.4 Å². The van der Waals surface area contributed by atoms with E-state index in [1.54, 1.807) is 62.7 Å². The maximum absolute atomic E-state index is 13.2. The second-order valence-electron chi connectivity index (χ2n) is 11.2. The summed E-state index contributed by atoms with van der Waals surface area (Å²) in [6, 6.07) is 15.6. The molecule has 1 N–H and O–H groups in total. The first-order chi connectivity index (χ1) is 19.5. The number of pyridine rings is 2. The summed E-state index contributed by atoms with van der Waals surface area (Å²) in [5.41, 5.74) is 3.81. The summed E-state index contributed by atoms with van der Waals surface area (Å²) in [5, 5.41) is 12.8. The van der Waals surface area contributed by atoms with Crippen LogP contribution in [0.1, 0.15) is 24.8 Å². The number of benzene rings is 2. The van der Waals surface area contributed by atoms with Gasteiger partial charge in [0.2, 0.25) is 11.8 Å². The molecule has 6 rings (SSSR count). The summed E-state index contributed by atoms with van der Waals surface area (Å²) in [5.74, 6) is 0.226. The van der Waals surface area contributed by atoms with Gasteiger partial charge in [0, 0.05) is 36.2 Å². The van der Waals surface area contributed by atoms with Gasteiger partial charge >= 0.3 is 0 Å². The maximum Gasteiger partial charge on any atom is 0.262 e. The van der Waals surface area contributed by atoms with E-state index in [-0.39, 0.29) is 29.0 Å². The van der Waals surface area contributed by atoms with Crippen LogP contribution in [0.5, 0.6) is 5.88 Å². The van der Waals surface area contributed by atoms with Gasteiger partial charge in [-0.2, -0.15) is 0 Å². The molecule has 3 heterocycles. The van der Waals surface area contributed by atoms with Crippen LogP contribution in [0.3, 0.4) is 0 Å². The van der Waals surface area contributed by atoms with Crippen LogP contribution in [0.25, 0.3) is 22.0 Å². The first kappa shape index (κ1) is 27.1. The molecular weight excluding hydrogens is 542 g/mol. The van der Waals surface area contributed by atoms with Crippen LogP contribution in [0.2, 0.25) is 0 Å². The van der Waals surface area contributed by atoms with Gasteiger partial charge in [-0.15, -0.1) is 0 Å². The largest absolute Gasteiger partial charge is 0.633 e. The molecule has 0 radical (unpaired) electrons. The average Bonchev–Trinajstić information content (AvgIpc) is 3.72. The Balaban J connectivity index is 1.39. The molecule has 1 saturated carbocycles. The summed E-state index contributed by atoms with van der Waals surface area (Å²) < 4.78 is 34.5. The highest BCUT2D eigenvalue weighted by Gasteiger charge is 2.59. The number of nitrogens with zero attached hydrogens (tertiary/aromatic N) is 4. The van der Waals surface area contributed by atoms with E-state index in [9.17, 15) is 18.4 Å². The summed E-state index contributed by atoms with van der Waals surface area (Å²) >= 11 is 0. The lowest BCUT2D eigenvalue weighted by molar-refractivity contribution is -0.840. The Morgan fingerprint density at radius 3 is 2.51 bits per heavy atom. The van der Waals surface area contributed by atoms with Crippen molar-refractivity contribution in [1.82, 2.24) is 9.97 Å². The third-order valence-electron chi connectivity index (χ3n) is 7.71. The number of hydrogen-bond acceptors (Lipinski definition) is 7. The van der Waals surface area contributed by atoms with E-state index >= 15 is 0 Å². The van der Waals surface area contributed by atoms with Crippen LogP contribution in [0.4, 0.5) is 11.4 Å². The predicted molar refractivity (Wildman–Crippen MR) is 157 cm³/mol. The van der Waals surface area contributed by atoms with Crippen LogP contribution in [-0.2, 0) is 20.2 Å². The number of amides is 1. The van der Waals surface area contributed by atoms with E-state index in [1.807, 2.05) is 18.2 Å². The highest BCUT2D eigenvalue weighted by Crippen LogP contribution is 2.58. The minimum atomic E-state index is -3.93. The number of hydrogen-bond donors (Lipinski definition) is 1. The molecule has 41 heavy (non-hydrogen) atoms. The molecule has 11 heteroatoms. The number of carbonyl (C=O) groups is 1. The Hall–Kier alpha value is -4.06. The quantitative estimate of drug-likeness (QED) is 0.178. The fourth-order valence-electron chi connectivity index (χ4n) is 5.46. The van der Waals surface area contributed by atoms with Crippen molar-refractivity contribution in [3.63, 3.8) is 0 Å². The zero-order valence-corrected chi connectivity index (χ0v) is 23.9.